The first-order valence-electron chi connectivity index (χ1n) is 5.71. The zero-order valence-corrected chi connectivity index (χ0v) is 12.6. The highest BCUT2D eigenvalue weighted by Gasteiger charge is 2.13. The predicted molar refractivity (Wildman–Crippen MR) is 78.3 cm³/mol. The first-order chi connectivity index (χ1) is 8.99. The lowest BCUT2D eigenvalue weighted by atomic mass is 9.99. The first kappa shape index (κ1) is 14.2. The fourth-order valence-corrected chi connectivity index (χ4v) is 2.37. The van der Waals surface area contributed by atoms with Crippen LogP contribution in [-0.4, -0.2) is 5.78 Å². The van der Waals surface area contributed by atoms with Gasteiger partial charge in [0.2, 0.25) is 0 Å². The largest absolute Gasteiger partial charge is 0.294 e. The lowest BCUT2D eigenvalue weighted by molar-refractivity contribution is 0.0991. The van der Waals surface area contributed by atoms with E-state index in [2.05, 4.69) is 15.9 Å². The van der Waals surface area contributed by atoms with Gasteiger partial charge in [-0.15, -0.1) is 0 Å². The maximum atomic E-state index is 13.7. The monoisotopic (exact) mass is 340 g/mol. The fourth-order valence-electron chi connectivity index (χ4n) is 1.84. The van der Waals surface area contributed by atoms with Gasteiger partial charge in [0, 0.05) is 21.5 Å². The molecule has 0 radical (unpaired) electrons. The lowest BCUT2D eigenvalue weighted by Gasteiger charge is -2.07. The van der Waals surface area contributed by atoms with Gasteiger partial charge in [0.25, 0.3) is 0 Å². The van der Waals surface area contributed by atoms with Crippen LogP contribution in [0.3, 0.4) is 0 Å². The highest BCUT2D eigenvalue weighted by atomic mass is 79.9. The third-order valence-electron chi connectivity index (χ3n) is 2.93. The third-order valence-corrected chi connectivity index (χ3v) is 4.03. The van der Waals surface area contributed by atoms with Crippen molar-refractivity contribution in [3.05, 3.63) is 68.4 Å². The summed E-state index contributed by atoms with van der Waals surface area (Å²) in [5.41, 5.74) is 1.82. The summed E-state index contributed by atoms with van der Waals surface area (Å²) in [7, 11) is 0. The van der Waals surface area contributed by atoms with Crippen molar-refractivity contribution in [3.8, 4) is 0 Å². The molecule has 0 atom stereocenters. The van der Waals surface area contributed by atoms with Crippen molar-refractivity contribution in [3.63, 3.8) is 0 Å². The molecule has 0 aromatic heterocycles. The maximum absolute atomic E-state index is 13.7. The van der Waals surface area contributed by atoms with Crippen LogP contribution in [0.2, 0.25) is 5.02 Å². The number of halogens is 3. The molecule has 0 bridgehead atoms. The average Bonchev–Trinajstić information content (AvgIpc) is 2.36. The van der Waals surface area contributed by atoms with Crippen LogP contribution in [0.15, 0.2) is 40.9 Å². The number of benzene rings is 2. The van der Waals surface area contributed by atoms with Gasteiger partial charge in [0.05, 0.1) is 0 Å². The zero-order chi connectivity index (χ0) is 14.0. The Balaban J connectivity index is 2.28. The number of hydrogen-bond donors (Lipinski definition) is 0. The molecular formula is C15H11BrClFO. The molecule has 0 N–H and O–H groups in total. The van der Waals surface area contributed by atoms with Crippen molar-refractivity contribution >= 4 is 33.3 Å². The van der Waals surface area contributed by atoms with Crippen molar-refractivity contribution in [2.45, 2.75) is 13.3 Å². The SMILES string of the molecule is Cc1c(Br)cccc1C(=O)Cc1ccc(Cl)cc1F. The molecule has 19 heavy (non-hydrogen) atoms. The Morgan fingerprint density at radius 3 is 2.74 bits per heavy atom. The van der Waals surface area contributed by atoms with E-state index >= 15 is 0 Å². The molecule has 0 aliphatic heterocycles. The molecule has 0 aliphatic rings. The van der Waals surface area contributed by atoms with Crippen LogP contribution in [0, 0.1) is 12.7 Å². The molecule has 0 amide bonds. The Labute approximate surface area is 124 Å². The Morgan fingerprint density at radius 2 is 2.05 bits per heavy atom. The van der Waals surface area contributed by atoms with Crippen molar-refractivity contribution in [1.82, 2.24) is 0 Å². The summed E-state index contributed by atoms with van der Waals surface area (Å²) in [5.74, 6) is -0.562. The number of ketones is 1. The van der Waals surface area contributed by atoms with Gasteiger partial charge < -0.3 is 0 Å². The van der Waals surface area contributed by atoms with Crippen molar-refractivity contribution < 1.29 is 9.18 Å². The van der Waals surface area contributed by atoms with Crippen LogP contribution in [0.4, 0.5) is 4.39 Å². The quantitative estimate of drug-likeness (QED) is 0.720. The van der Waals surface area contributed by atoms with Gasteiger partial charge in [-0.3, -0.25) is 4.79 Å². The van der Waals surface area contributed by atoms with E-state index in [-0.39, 0.29) is 12.2 Å². The Kier molecular flexibility index (Phi) is 4.38. The molecule has 1 nitrogen and oxygen atoms in total. The molecular weight excluding hydrogens is 331 g/mol. The average molecular weight is 342 g/mol. The van der Waals surface area contributed by atoms with Gasteiger partial charge in [-0.25, -0.2) is 4.39 Å². The molecule has 0 saturated heterocycles. The van der Waals surface area contributed by atoms with E-state index < -0.39 is 5.82 Å². The Morgan fingerprint density at radius 1 is 1.32 bits per heavy atom. The van der Waals surface area contributed by atoms with Crippen molar-refractivity contribution in [2.75, 3.05) is 0 Å². The zero-order valence-electron chi connectivity index (χ0n) is 10.2. The van der Waals surface area contributed by atoms with E-state index in [1.54, 1.807) is 24.3 Å². The summed E-state index contributed by atoms with van der Waals surface area (Å²) < 4.78 is 14.5. The Hall–Kier alpha value is -1.19. The Bertz CT molecular complexity index is 640. The van der Waals surface area contributed by atoms with E-state index in [0.29, 0.717) is 16.1 Å². The molecule has 0 aliphatic carbocycles. The minimum absolute atomic E-state index is 0.0281. The number of carbonyl (C=O) groups excluding carboxylic acids is 1. The minimum Gasteiger partial charge on any atom is -0.294 e. The fraction of sp³-hybridized carbons (Fsp3) is 0.133. The van der Waals surface area contributed by atoms with Crippen LogP contribution in [-0.2, 0) is 6.42 Å². The van der Waals surface area contributed by atoms with Gasteiger partial charge in [-0.2, -0.15) is 0 Å². The topological polar surface area (TPSA) is 17.1 Å². The van der Waals surface area contributed by atoms with Gasteiger partial charge in [-0.05, 0) is 36.2 Å². The van der Waals surface area contributed by atoms with E-state index in [4.69, 9.17) is 11.6 Å². The molecule has 2 aromatic carbocycles. The summed E-state index contributed by atoms with van der Waals surface area (Å²) in [5, 5.41) is 0.326. The predicted octanol–water partition coefficient (Wildman–Crippen LogP) is 4.98. The minimum atomic E-state index is -0.450. The van der Waals surface area contributed by atoms with Crippen LogP contribution in [0.5, 0.6) is 0 Å². The summed E-state index contributed by atoms with van der Waals surface area (Å²) >= 11 is 9.07. The molecule has 0 heterocycles. The molecule has 0 fully saturated rings. The van der Waals surface area contributed by atoms with Crippen LogP contribution in [0.25, 0.3) is 0 Å². The second kappa shape index (κ2) is 5.85. The highest BCUT2D eigenvalue weighted by Crippen LogP contribution is 2.22. The standard InChI is InChI=1S/C15H11BrClFO/c1-9-12(3-2-4-13(9)16)15(19)7-10-5-6-11(17)8-14(10)18/h2-6,8H,7H2,1H3. The van der Waals surface area contributed by atoms with E-state index in [1.165, 1.54) is 6.07 Å². The van der Waals surface area contributed by atoms with E-state index in [9.17, 15) is 9.18 Å². The summed E-state index contributed by atoms with van der Waals surface area (Å²) in [6.07, 6.45) is 0.0281. The third kappa shape index (κ3) is 3.23. The van der Waals surface area contributed by atoms with Crippen LogP contribution < -0.4 is 0 Å². The summed E-state index contributed by atoms with van der Waals surface area (Å²) in [6.45, 7) is 1.86. The van der Waals surface area contributed by atoms with E-state index in [1.807, 2.05) is 13.0 Å². The van der Waals surface area contributed by atoms with Crippen molar-refractivity contribution in [1.29, 1.82) is 0 Å². The highest BCUT2D eigenvalue weighted by molar-refractivity contribution is 9.10. The van der Waals surface area contributed by atoms with Crippen LogP contribution >= 0.6 is 27.5 Å². The maximum Gasteiger partial charge on any atom is 0.167 e. The first-order valence-corrected chi connectivity index (χ1v) is 6.88. The number of Topliss-reactive ketones (excluding diaryl/α,β-unsaturated/α-hetero) is 1. The molecule has 0 spiro atoms. The molecule has 2 rings (SSSR count). The van der Waals surface area contributed by atoms with Crippen LogP contribution in [0.1, 0.15) is 21.5 Å². The van der Waals surface area contributed by atoms with E-state index in [0.717, 1.165) is 10.0 Å². The second-order valence-corrected chi connectivity index (χ2v) is 5.54. The van der Waals surface area contributed by atoms with Gasteiger partial charge in [0.15, 0.2) is 5.78 Å². The summed E-state index contributed by atoms with van der Waals surface area (Å²) in [6, 6.07) is 9.76. The van der Waals surface area contributed by atoms with Gasteiger partial charge in [0.1, 0.15) is 5.82 Å². The number of hydrogen-bond acceptors (Lipinski definition) is 1. The molecule has 98 valence electrons. The smallest absolute Gasteiger partial charge is 0.167 e. The molecule has 0 unspecified atom stereocenters. The normalized spacial score (nSPS) is 10.5. The second-order valence-electron chi connectivity index (χ2n) is 4.25. The van der Waals surface area contributed by atoms with Crippen molar-refractivity contribution in [2.24, 2.45) is 0 Å². The molecule has 2 aromatic rings. The van der Waals surface area contributed by atoms with Gasteiger partial charge in [-0.1, -0.05) is 45.7 Å². The molecule has 0 saturated carbocycles. The number of rotatable bonds is 3. The number of carbonyl (C=O) groups is 1. The lowest BCUT2D eigenvalue weighted by Crippen LogP contribution is -2.07. The summed E-state index contributed by atoms with van der Waals surface area (Å²) in [4.78, 5) is 12.2. The molecule has 4 heteroatoms. The van der Waals surface area contributed by atoms with Gasteiger partial charge >= 0.3 is 0 Å².